The highest BCUT2D eigenvalue weighted by atomic mass is 19.4. The van der Waals surface area contributed by atoms with Gasteiger partial charge in [0.05, 0.1) is 0 Å². The molecule has 38 heavy (non-hydrogen) atoms. The molecule has 0 aliphatic carbocycles. The fraction of sp³-hybridized carbons (Fsp3) is 1.00. The van der Waals surface area contributed by atoms with Gasteiger partial charge in [-0.15, -0.1) is 0 Å². The minimum atomic E-state index is -8.36. The highest BCUT2D eigenvalue weighted by Gasteiger charge is 2.97. The zero-order chi connectivity index (χ0) is 30.6. The topological polar surface area (TPSA) is 36.9 Å². The summed E-state index contributed by atoms with van der Waals surface area (Å²) in [6.45, 7) is -3.73. The Morgan fingerprint density at radius 1 is 0.553 bits per heavy atom. The lowest BCUT2D eigenvalue weighted by atomic mass is 9.80. The zero-order valence-electron chi connectivity index (χ0n) is 16.4. The van der Waals surface area contributed by atoms with Gasteiger partial charge in [0.1, 0.15) is 0 Å². The van der Waals surface area contributed by atoms with E-state index in [9.17, 15) is 87.8 Å². The Labute approximate surface area is 191 Å². The Kier molecular flexibility index (Phi) is 6.84. The second-order valence-electron chi connectivity index (χ2n) is 7.26. The van der Waals surface area contributed by atoms with Gasteiger partial charge in [-0.05, 0) is 0 Å². The minimum absolute atomic E-state index is 1.59. The number of rotatable bonds is 4. The summed E-state index contributed by atoms with van der Waals surface area (Å²) in [4.78, 5) is 0. The number of alkyl halides is 21. The molecule has 0 amide bonds. The normalized spacial score (nSPS) is 37.3. The SMILES string of the molecule is FCC(F)(F)OC(F)(F)C1(F)OC(F)(F)C(F)(F)C(F)(F)C(F)(F)OC2(F)C1C(F)(F)C(F)(F)OC2(F)F. The van der Waals surface area contributed by atoms with E-state index in [1.165, 1.54) is 0 Å². The van der Waals surface area contributed by atoms with Gasteiger partial charge in [-0.25, -0.2) is 22.6 Å². The molecule has 2 aliphatic rings. The van der Waals surface area contributed by atoms with Gasteiger partial charge in [0.25, 0.3) is 0 Å². The predicted octanol–water partition coefficient (Wildman–Crippen LogP) is 6.46. The summed E-state index contributed by atoms with van der Waals surface area (Å²) >= 11 is 0. The van der Waals surface area contributed by atoms with Gasteiger partial charge in [0, 0.05) is 0 Å². The van der Waals surface area contributed by atoms with Gasteiger partial charge in [0.2, 0.25) is 0 Å². The maximum Gasteiger partial charge on any atom is 0.429 e. The largest absolute Gasteiger partial charge is 0.429 e. The summed E-state index contributed by atoms with van der Waals surface area (Å²) in [5, 5.41) is 0. The molecule has 2 fully saturated rings. The van der Waals surface area contributed by atoms with Gasteiger partial charge < -0.3 is 0 Å². The zero-order valence-corrected chi connectivity index (χ0v) is 16.4. The number of fused-ring (bicyclic) bond motifs is 1. The third kappa shape index (κ3) is 4.04. The van der Waals surface area contributed by atoms with Gasteiger partial charge in [-0.3, -0.25) is 9.47 Å². The lowest BCUT2D eigenvalue weighted by Crippen LogP contribution is -2.79. The molecule has 3 atom stereocenters. The monoisotopic (exact) mass is 622 g/mol. The summed E-state index contributed by atoms with van der Waals surface area (Å²) in [6, 6.07) is 0. The van der Waals surface area contributed by atoms with Crippen LogP contribution in [0.3, 0.4) is 0 Å². The Morgan fingerprint density at radius 3 is 1.34 bits per heavy atom. The van der Waals surface area contributed by atoms with E-state index in [-0.39, 0.29) is 0 Å². The van der Waals surface area contributed by atoms with Crippen LogP contribution in [0.2, 0.25) is 0 Å². The minimum Gasteiger partial charge on any atom is -0.269 e. The molecule has 25 heteroatoms. The molecule has 2 rings (SSSR count). The number of halogens is 21. The first-order valence-corrected chi connectivity index (χ1v) is 8.40. The van der Waals surface area contributed by atoms with Crippen molar-refractivity contribution in [1.82, 2.24) is 0 Å². The molecule has 0 saturated carbocycles. The van der Waals surface area contributed by atoms with Crippen molar-refractivity contribution in [2.75, 3.05) is 6.67 Å². The number of hydrogen-bond donors (Lipinski definition) is 0. The van der Waals surface area contributed by atoms with Crippen LogP contribution < -0.4 is 0 Å². The summed E-state index contributed by atoms with van der Waals surface area (Å²) < 4.78 is 296. The Bertz CT molecular complexity index is 934. The van der Waals surface area contributed by atoms with Crippen molar-refractivity contribution >= 4 is 0 Å². The van der Waals surface area contributed by atoms with E-state index in [2.05, 4.69) is 0 Å². The average molecular weight is 622 g/mol. The van der Waals surface area contributed by atoms with Crippen molar-refractivity contribution in [3.05, 3.63) is 0 Å². The van der Waals surface area contributed by atoms with Gasteiger partial charge in [-0.1, -0.05) is 0 Å². The van der Waals surface area contributed by atoms with E-state index in [0.29, 0.717) is 0 Å². The lowest BCUT2D eigenvalue weighted by molar-refractivity contribution is -0.595. The smallest absolute Gasteiger partial charge is 0.269 e. The van der Waals surface area contributed by atoms with Crippen molar-refractivity contribution in [1.29, 1.82) is 0 Å². The van der Waals surface area contributed by atoms with E-state index < -0.39 is 78.7 Å². The van der Waals surface area contributed by atoms with Crippen LogP contribution >= 0.6 is 0 Å². The highest BCUT2D eigenvalue weighted by molar-refractivity contribution is 5.14. The molecule has 0 aromatic rings. The summed E-state index contributed by atoms with van der Waals surface area (Å²) in [5.41, 5.74) is 0. The lowest BCUT2D eigenvalue weighted by Gasteiger charge is -2.52. The van der Waals surface area contributed by atoms with E-state index in [4.69, 9.17) is 0 Å². The van der Waals surface area contributed by atoms with E-state index in [0.717, 1.165) is 0 Å². The average Bonchev–Trinajstić information content (AvgIpc) is 2.63. The fourth-order valence-corrected chi connectivity index (χ4v) is 2.90. The number of ether oxygens (including phenoxy) is 4. The van der Waals surface area contributed by atoms with Crippen molar-refractivity contribution in [3.63, 3.8) is 0 Å². The first-order valence-electron chi connectivity index (χ1n) is 8.40. The molecule has 3 unspecified atom stereocenters. The van der Waals surface area contributed by atoms with Crippen LogP contribution in [0.1, 0.15) is 0 Å². The van der Waals surface area contributed by atoms with E-state index in [1.54, 1.807) is 18.9 Å². The molecule has 0 aromatic carbocycles. The van der Waals surface area contributed by atoms with Crippen LogP contribution in [0.4, 0.5) is 92.2 Å². The van der Waals surface area contributed by atoms with E-state index in [1.807, 2.05) is 0 Å². The van der Waals surface area contributed by atoms with Gasteiger partial charge in [-0.2, -0.15) is 79.0 Å². The molecule has 0 radical (unpaired) electrons. The van der Waals surface area contributed by atoms with Crippen LogP contribution in [0.15, 0.2) is 0 Å². The van der Waals surface area contributed by atoms with Crippen LogP contribution in [-0.2, 0) is 18.9 Å². The fourth-order valence-electron chi connectivity index (χ4n) is 2.90. The molecular weight excluding hydrogens is 619 g/mol. The Morgan fingerprint density at radius 2 is 0.947 bits per heavy atom. The molecule has 2 heterocycles. The van der Waals surface area contributed by atoms with Gasteiger partial charge in [0.15, 0.2) is 12.6 Å². The Balaban J connectivity index is 3.17. The summed E-state index contributed by atoms with van der Waals surface area (Å²) in [5.74, 6) is -47.7. The first-order chi connectivity index (χ1) is 16.3. The molecule has 2 saturated heterocycles. The first kappa shape index (κ1) is 32.6. The predicted molar refractivity (Wildman–Crippen MR) is 66.0 cm³/mol. The molecule has 226 valence electrons. The Hall–Kier alpha value is -1.63. The van der Waals surface area contributed by atoms with Crippen molar-refractivity contribution in [2.24, 2.45) is 5.92 Å². The molecule has 2 aliphatic heterocycles. The van der Waals surface area contributed by atoms with Gasteiger partial charge >= 0.3 is 66.1 Å². The molecule has 0 bridgehead atoms. The van der Waals surface area contributed by atoms with Crippen LogP contribution in [0, 0.1) is 5.92 Å². The summed E-state index contributed by atoms with van der Waals surface area (Å²) in [6.07, 6.45) is -45.9. The molecule has 4 nitrogen and oxygen atoms in total. The molecule has 0 N–H and O–H groups in total. The third-order valence-corrected chi connectivity index (χ3v) is 4.66. The molecule has 0 spiro atoms. The second kappa shape index (κ2) is 7.98. The molecular formula is C13H3F21O4. The highest BCUT2D eigenvalue weighted by Crippen LogP contribution is 2.69. The number of hydrogen-bond acceptors (Lipinski definition) is 4. The maximum atomic E-state index is 15.2. The van der Waals surface area contributed by atoms with Crippen LogP contribution in [0.5, 0.6) is 0 Å². The third-order valence-electron chi connectivity index (χ3n) is 4.66. The van der Waals surface area contributed by atoms with Crippen molar-refractivity contribution < 1.29 is 111 Å². The van der Waals surface area contributed by atoms with Crippen LogP contribution in [-0.4, -0.2) is 72.8 Å². The molecule has 0 aromatic heterocycles. The van der Waals surface area contributed by atoms with Crippen molar-refractivity contribution in [3.8, 4) is 0 Å². The summed E-state index contributed by atoms with van der Waals surface area (Å²) in [7, 11) is 0. The van der Waals surface area contributed by atoms with Crippen molar-refractivity contribution in [2.45, 2.75) is 66.1 Å². The van der Waals surface area contributed by atoms with E-state index >= 15 is 4.39 Å². The van der Waals surface area contributed by atoms with Crippen LogP contribution in [0.25, 0.3) is 0 Å². The maximum absolute atomic E-state index is 15.2. The standard InChI is InChI=1S/C13H3F21O4/c14-1-3(15,16)35-10(27,28)5(19)2-4(17,18)9(25,26)38-11(29,30)6(2,20)37-13(33,34)8(23,24)7(21,22)12(31,32)36-5/h2H,1H2. The second-order valence-corrected chi connectivity index (χ2v) is 7.26. The quantitative estimate of drug-likeness (QED) is 0.338.